The van der Waals surface area contributed by atoms with Gasteiger partial charge in [-0.3, -0.25) is 4.79 Å². The zero-order valence-corrected chi connectivity index (χ0v) is 9.72. The van der Waals surface area contributed by atoms with Crippen LogP contribution < -0.4 is 5.73 Å². The van der Waals surface area contributed by atoms with Gasteiger partial charge in [0.2, 0.25) is 0 Å². The second-order valence-corrected chi connectivity index (χ2v) is 3.59. The molecule has 6 nitrogen and oxygen atoms in total. The summed E-state index contributed by atoms with van der Waals surface area (Å²) in [6, 6.07) is -0.547. The molecular weight excluding hydrogens is 208 g/mol. The smallest absolute Gasteiger partial charge is 0.199 e. The summed E-state index contributed by atoms with van der Waals surface area (Å²) in [4.78, 5) is 11.9. The number of ketones is 1. The zero-order chi connectivity index (χ0) is 12.0. The molecule has 1 heterocycles. The predicted octanol–water partition coefficient (Wildman–Crippen LogP) is 0.235. The fourth-order valence-corrected chi connectivity index (χ4v) is 1.39. The Morgan fingerprint density at radius 2 is 2.44 bits per heavy atom. The van der Waals surface area contributed by atoms with Crippen molar-refractivity contribution in [2.75, 3.05) is 13.7 Å². The summed E-state index contributed by atoms with van der Waals surface area (Å²) in [5.41, 5.74) is 6.24. The molecule has 0 spiro atoms. The number of methoxy groups -OCH3 is 1. The summed E-state index contributed by atoms with van der Waals surface area (Å²) in [5.74, 6) is -0.129. The van der Waals surface area contributed by atoms with Crippen LogP contribution in [-0.2, 0) is 11.3 Å². The SMILES string of the molecule is CCCn1nncc1C(=O)C(N)CCOC. The van der Waals surface area contributed by atoms with Gasteiger partial charge in [0.15, 0.2) is 5.78 Å². The predicted molar refractivity (Wildman–Crippen MR) is 59.1 cm³/mol. The van der Waals surface area contributed by atoms with Gasteiger partial charge in [-0.1, -0.05) is 12.1 Å². The first-order valence-electron chi connectivity index (χ1n) is 5.38. The molecule has 0 saturated carbocycles. The lowest BCUT2D eigenvalue weighted by molar-refractivity contribution is 0.0924. The van der Waals surface area contributed by atoms with Gasteiger partial charge in [-0.15, -0.1) is 5.10 Å². The van der Waals surface area contributed by atoms with Gasteiger partial charge in [0, 0.05) is 20.3 Å². The largest absolute Gasteiger partial charge is 0.385 e. The van der Waals surface area contributed by atoms with E-state index in [1.807, 2.05) is 6.92 Å². The van der Waals surface area contributed by atoms with E-state index in [0.717, 1.165) is 6.42 Å². The number of hydrogen-bond acceptors (Lipinski definition) is 5. The van der Waals surface area contributed by atoms with Crippen molar-refractivity contribution < 1.29 is 9.53 Å². The van der Waals surface area contributed by atoms with E-state index in [4.69, 9.17) is 10.5 Å². The highest BCUT2D eigenvalue weighted by atomic mass is 16.5. The summed E-state index contributed by atoms with van der Waals surface area (Å²) in [7, 11) is 1.58. The third kappa shape index (κ3) is 3.11. The average Bonchev–Trinajstić information content (AvgIpc) is 2.73. The second-order valence-electron chi connectivity index (χ2n) is 3.59. The molecule has 0 fully saturated rings. The molecule has 0 aliphatic rings. The fourth-order valence-electron chi connectivity index (χ4n) is 1.39. The fraction of sp³-hybridized carbons (Fsp3) is 0.700. The van der Waals surface area contributed by atoms with E-state index in [-0.39, 0.29) is 5.78 Å². The van der Waals surface area contributed by atoms with Gasteiger partial charge in [0.1, 0.15) is 5.69 Å². The van der Waals surface area contributed by atoms with Crippen LogP contribution >= 0.6 is 0 Å². The maximum Gasteiger partial charge on any atom is 0.199 e. The molecule has 16 heavy (non-hydrogen) atoms. The quantitative estimate of drug-likeness (QED) is 0.673. The van der Waals surface area contributed by atoms with Crippen LogP contribution in [0.4, 0.5) is 0 Å². The van der Waals surface area contributed by atoms with Gasteiger partial charge in [0.25, 0.3) is 0 Å². The summed E-state index contributed by atoms with van der Waals surface area (Å²) >= 11 is 0. The van der Waals surface area contributed by atoms with Crippen LogP contribution in [0.25, 0.3) is 0 Å². The first-order chi connectivity index (χ1) is 7.70. The van der Waals surface area contributed by atoms with Crippen molar-refractivity contribution >= 4 is 5.78 Å². The summed E-state index contributed by atoms with van der Waals surface area (Å²) in [6.07, 6.45) is 2.87. The van der Waals surface area contributed by atoms with Crippen LogP contribution in [0, 0.1) is 0 Å². The molecule has 1 aromatic rings. The van der Waals surface area contributed by atoms with Crippen molar-refractivity contribution in [2.24, 2.45) is 5.73 Å². The highest BCUT2D eigenvalue weighted by Crippen LogP contribution is 2.04. The number of ether oxygens (including phenoxy) is 1. The molecule has 2 N–H and O–H groups in total. The molecule has 1 rings (SSSR count). The van der Waals surface area contributed by atoms with E-state index in [1.165, 1.54) is 6.20 Å². The minimum atomic E-state index is -0.547. The molecule has 6 heteroatoms. The number of rotatable bonds is 7. The summed E-state index contributed by atoms with van der Waals surface area (Å²) in [5, 5.41) is 7.58. The molecule has 0 amide bonds. The van der Waals surface area contributed by atoms with E-state index < -0.39 is 6.04 Å². The number of aryl methyl sites for hydroxylation is 1. The third-order valence-corrected chi connectivity index (χ3v) is 2.28. The number of hydrogen-bond donors (Lipinski definition) is 1. The Morgan fingerprint density at radius 3 is 3.06 bits per heavy atom. The number of Topliss-reactive ketones (excluding diaryl/α,β-unsaturated/α-hetero) is 1. The number of carbonyl (C=O) groups excluding carboxylic acids is 1. The van der Waals surface area contributed by atoms with E-state index >= 15 is 0 Å². The third-order valence-electron chi connectivity index (χ3n) is 2.28. The molecule has 0 aliphatic carbocycles. The standard InChI is InChI=1S/C10H18N4O2/c1-3-5-14-9(7-12-13-14)10(15)8(11)4-6-16-2/h7-8H,3-6,11H2,1-2H3. The van der Waals surface area contributed by atoms with Gasteiger partial charge in [-0.25, -0.2) is 4.68 Å². The molecule has 0 aromatic carbocycles. The molecule has 1 unspecified atom stereocenters. The van der Waals surface area contributed by atoms with Crippen molar-refractivity contribution in [2.45, 2.75) is 32.4 Å². The topological polar surface area (TPSA) is 83.0 Å². The number of nitrogens with two attached hydrogens (primary N) is 1. The van der Waals surface area contributed by atoms with Gasteiger partial charge < -0.3 is 10.5 Å². The normalized spacial score (nSPS) is 12.7. The van der Waals surface area contributed by atoms with Crippen LogP contribution in [0.2, 0.25) is 0 Å². The molecule has 0 aliphatic heterocycles. The Labute approximate surface area is 94.8 Å². The van der Waals surface area contributed by atoms with Crippen LogP contribution in [0.3, 0.4) is 0 Å². The van der Waals surface area contributed by atoms with Crippen LogP contribution in [-0.4, -0.2) is 40.5 Å². The molecule has 1 atom stereocenters. The number of aromatic nitrogens is 3. The van der Waals surface area contributed by atoms with E-state index in [2.05, 4.69) is 10.3 Å². The Hall–Kier alpha value is -1.27. The second kappa shape index (κ2) is 6.34. The van der Waals surface area contributed by atoms with Crippen LogP contribution in [0.5, 0.6) is 0 Å². The first kappa shape index (κ1) is 12.8. The Kier molecular flexibility index (Phi) is 5.07. The zero-order valence-electron chi connectivity index (χ0n) is 9.72. The molecule has 1 aromatic heterocycles. The van der Waals surface area contributed by atoms with Crippen molar-refractivity contribution in [1.29, 1.82) is 0 Å². The van der Waals surface area contributed by atoms with E-state index in [0.29, 0.717) is 25.3 Å². The number of nitrogens with zero attached hydrogens (tertiary/aromatic N) is 3. The molecular formula is C10H18N4O2. The minimum absolute atomic E-state index is 0.129. The lowest BCUT2D eigenvalue weighted by Crippen LogP contribution is -2.33. The Balaban J connectivity index is 2.67. The lowest BCUT2D eigenvalue weighted by atomic mass is 10.1. The maximum absolute atomic E-state index is 11.9. The molecule has 0 radical (unpaired) electrons. The van der Waals surface area contributed by atoms with E-state index in [1.54, 1.807) is 11.8 Å². The molecule has 90 valence electrons. The van der Waals surface area contributed by atoms with Gasteiger partial charge in [-0.05, 0) is 12.8 Å². The Bertz CT molecular complexity index is 337. The highest BCUT2D eigenvalue weighted by Gasteiger charge is 2.19. The molecule has 0 saturated heterocycles. The van der Waals surface area contributed by atoms with Crippen LogP contribution in [0.15, 0.2) is 6.20 Å². The number of carbonyl (C=O) groups is 1. The van der Waals surface area contributed by atoms with Crippen molar-refractivity contribution in [3.63, 3.8) is 0 Å². The van der Waals surface area contributed by atoms with Crippen molar-refractivity contribution in [3.8, 4) is 0 Å². The van der Waals surface area contributed by atoms with Crippen molar-refractivity contribution in [1.82, 2.24) is 15.0 Å². The van der Waals surface area contributed by atoms with Gasteiger partial charge in [0.05, 0.1) is 12.2 Å². The van der Waals surface area contributed by atoms with Crippen molar-refractivity contribution in [3.05, 3.63) is 11.9 Å². The highest BCUT2D eigenvalue weighted by molar-refractivity contribution is 5.98. The first-order valence-corrected chi connectivity index (χ1v) is 5.38. The average molecular weight is 226 g/mol. The van der Waals surface area contributed by atoms with E-state index in [9.17, 15) is 4.79 Å². The van der Waals surface area contributed by atoms with Gasteiger partial charge >= 0.3 is 0 Å². The van der Waals surface area contributed by atoms with Gasteiger partial charge in [-0.2, -0.15) is 0 Å². The summed E-state index contributed by atoms with van der Waals surface area (Å²) in [6.45, 7) is 3.17. The Morgan fingerprint density at radius 1 is 1.69 bits per heavy atom. The van der Waals surface area contributed by atoms with Crippen LogP contribution in [0.1, 0.15) is 30.3 Å². The monoisotopic (exact) mass is 226 g/mol. The lowest BCUT2D eigenvalue weighted by Gasteiger charge is -2.10. The maximum atomic E-state index is 11.9. The minimum Gasteiger partial charge on any atom is -0.385 e. The molecule has 0 bridgehead atoms. The summed E-state index contributed by atoms with van der Waals surface area (Å²) < 4.78 is 6.48.